The van der Waals surface area contributed by atoms with Gasteiger partial charge in [-0.05, 0) is 90.2 Å². The number of nitrogens with one attached hydrogen (secondary N) is 2. The van der Waals surface area contributed by atoms with Crippen LogP contribution in [-0.4, -0.2) is 56.0 Å². The normalized spacial score (nSPS) is 17.9. The van der Waals surface area contributed by atoms with Gasteiger partial charge in [0.05, 0.1) is 17.1 Å². The van der Waals surface area contributed by atoms with Crippen molar-refractivity contribution < 1.29 is 14.6 Å². The molecule has 1 aromatic carbocycles. The van der Waals surface area contributed by atoms with Crippen LogP contribution in [0, 0.1) is 12.8 Å². The molecular formula is C29H41N5O4. The van der Waals surface area contributed by atoms with Gasteiger partial charge < -0.3 is 24.3 Å². The fraction of sp³-hybridized carbons (Fsp3) is 0.552. The number of rotatable bonds is 8. The van der Waals surface area contributed by atoms with E-state index in [1.807, 2.05) is 52.1 Å². The smallest absolute Gasteiger partial charge is 0.326 e. The summed E-state index contributed by atoms with van der Waals surface area (Å²) < 4.78 is 9.37. The first-order valence-electron chi connectivity index (χ1n) is 13.4. The van der Waals surface area contributed by atoms with Crippen LogP contribution >= 0.6 is 0 Å². The van der Waals surface area contributed by atoms with Crippen LogP contribution in [0.5, 0.6) is 0 Å². The van der Waals surface area contributed by atoms with Crippen LogP contribution in [0.3, 0.4) is 0 Å². The maximum absolute atomic E-state index is 12.7. The van der Waals surface area contributed by atoms with Crippen LogP contribution in [0.2, 0.25) is 0 Å². The second-order valence-corrected chi connectivity index (χ2v) is 11.5. The van der Waals surface area contributed by atoms with Gasteiger partial charge in [-0.25, -0.2) is 4.98 Å². The zero-order chi connectivity index (χ0) is 27.6. The Labute approximate surface area is 224 Å². The molecule has 1 saturated heterocycles. The van der Waals surface area contributed by atoms with Crippen molar-refractivity contribution in [3.05, 3.63) is 51.9 Å². The standard InChI is InChI=1S/C29H41N5O4/c1-18-12-22(17-33(6)27(18)36)26-32-23-10-9-20(13-24(23)34(26)16-21-8-7-11-30-14-21)15-31-25(19(2)35)28(37)38-29(3,4)5/h9-10,12-13,17,19,21,25,30-31,35H,7-8,11,14-16H2,1-6H3/t19-,21?,25+/m1/s1. The first-order chi connectivity index (χ1) is 17.9. The third-order valence-electron chi connectivity index (χ3n) is 6.94. The lowest BCUT2D eigenvalue weighted by Gasteiger charge is -2.26. The molecule has 3 atom stereocenters. The average Bonchev–Trinajstić information content (AvgIpc) is 3.19. The van der Waals surface area contributed by atoms with Crippen LogP contribution in [0.25, 0.3) is 22.4 Å². The Morgan fingerprint density at radius 3 is 2.71 bits per heavy atom. The number of hydrogen-bond donors (Lipinski definition) is 3. The van der Waals surface area contributed by atoms with Crippen LogP contribution in [0.1, 0.15) is 51.7 Å². The molecule has 1 fully saturated rings. The van der Waals surface area contributed by atoms with E-state index in [9.17, 15) is 14.7 Å². The third kappa shape index (κ3) is 6.51. The predicted octanol–water partition coefficient (Wildman–Crippen LogP) is 2.89. The second kappa shape index (κ2) is 11.4. The fourth-order valence-electron chi connectivity index (χ4n) is 5.07. The molecule has 0 spiro atoms. The van der Waals surface area contributed by atoms with Gasteiger partial charge in [-0.1, -0.05) is 6.07 Å². The molecule has 9 heteroatoms. The van der Waals surface area contributed by atoms with E-state index >= 15 is 0 Å². The highest BCUT2D eigenvalue weighted by molar-refractivity contribution is 5.81. The molecule has 3 N–H and O–H groups in total. The summed E-state index contributed by atoms with van der Waals surface area (Å²) >= 11 is 0. The van der Waals surface area contributed by atoms with E-state index in [2.05, 4.69) is 21.3 Å². The largest absolute Gasteiger partial charge is 0.459 e. The molecule has 1 aliphatic rings. The molecule has 0 radical (unpaired) electrons. The van der Waals surface area contributed by atoms with Gasteiger partial charge >= 0.3 is 5.97 Å². The highest BCUT2D eigenvalue weighted by Gasteiger charge is 2.28. The summed E-state index contributed by atoms with van der Waals surface area (Å²) in [4.78, 5) is 30.0. The quantitative estimate of drug-likeness (QED) is 0.390. The zero-order valence-corrected chi connectivity index (χ0v) is 23.4. The highest BCUT2D eigenvalue weighted by atomic mass is 16.6. The molecule has 3 aromatic rings. The lowest BCUT2D eigenvalue weighted by atomic mass is 9.99. The molecule has 2 aromatic heterocycles. The molecule has 38 heavy (non-hydrogen) atoms. The fourth-order valence-corrected chi connectivity index (χ4v) is 5.07. The highest BCUT2D eigenvalue weighted by Crippen LogP contribution is 2.28. The number of aromatic nitrogens is 3. The maximum atomic E-state index is 12.7. The molecule has 1 unspecified atom stereocenters. The number of piperidine rings is 1. The molecule has 1 aliphatic heterocycles. The van der Waals surface area contributed by atoms with Crippen molar-refractivity contribution in [3.8, 4) is 11.4 Å². The number of hydrogen-bond acceptors (Lipinski definition) is 7. The molecule has 3 heterocycles. The van der Waals surface area contributed by atoms with Crippen molar-refractivity contribution in [1.29, 1.82) is 0 Å². The van der Waals surface area contributed by atoms with Crippen LogP contribution < -0.4 is 16.2 Å². The van der Waals surface area contributed by atoms with Gasteiger partial charge in [0, 0.05) is 37.5 Å². The second-order valence-electron chi connectivity index (χ2n) is 11.5. The Hall–Kier alpha value is -3.01. The number of pyridine rings is 1. The van der Waals surface area contributed by atoms with Gasteiger partial charge in [-0.2, -0.15) is 0 Å². The summed E-state index contributed by atoms with van der Waals surface area (Å²) in [5.41, 5.74) is 3.78. The predicted molar refractivity (Wildman–Crippen MR) is 149 cm³/mol. The molecule has 9 nitrogen and oxygen atoms in total. The molecule has 4 rings (SSSR count). The Balaban J connectivity index is 1.68. The Bertz CT molecular complexity index is 1320. The van der Waals surface area contributed by atoms with Gasteiger partial charge in [0.25, 0.3) is 5.56 Å². The van der Waals surface area contributed by atoms with Gasteiger partial charge in [-0.15, -0.1) is 0 Å². The number of esters is 1. The Morgan fingerprint density at radius 1 is 1.32 bits per heavy atom. The topological polar surface area (TPSA) is 110 Å². The number of carbonyl (C=O) groups excluding carboxylic acids is 1. The van der Waals surface area contributed by atoms with E-state index in [1.165, 1.54) is 0 Å². The number of aliphatic hydroxyl groups excluding tert-OH is 1. The van der Waals surface area contributed by atoms with Gasteiger partial charge in [-0.3, -0.25) is 14.9 Å². The van der Waals surface area contributed by atoms with Gasteiger partial charge in [0.15, 0.2) is 0 Å². The summed E-state index contributed by atoms with van der Waals surface area (Å²) in [6.45, 7) is 12.0. The number of benzene rings is 1. The minimum atomic E-state index is -0.905. The maximum Gasteiger partial charge on any atom is 0.326 e. The molecular weight excluding hydrogens is 482 g/mol. The monoisotopic (exact) mass is 523 g/mol. The molecule has 0 saturated carbocycles. The number of fused-ring (bicyclic) bond motifs is 1. The van der Waals surface area contributed by atoms with E-state index in [0.29, 0.717) is 18.0 Å². The van der Waals surface area contributed by atoms with Gasteiger partial charge in [0.1, 0.15) is 17.5 Å². The van der Waals surface area contributed by atoms with Crippen molar-refractivity contribution in [1.82, 2.24) is 24.8 Å². The van der Waals surface area contributed by atoms with Crippen LogP contribution in [-0.2, 0) is 29.7 Å². The summed E-state index contributed by atoms with van der Waals surface area (Å²) in [7, 11) is 1.77. The minimum Gasteiger partial charge on any atom is -0.459 e. The number of aryl methyl sites for hydroxylation is 2. The summed E-state index contributed by atoms with van der Waals surface area (Å²) in [6.07, 6.45) is 3.23. The minimum absolute atomic E-state index is 0.0149. The Kier molecular flexibility index (Phi) is 8.40. The Morgan fingerprint density at radius 2 is 2.08 bits per heavy atom. The van der Waals surface area contributed by atoms with Crippen molar-refractivity contribution in [2.24, 2.45) is 13.0 Å². The lowest BCUT2D eigenvalue weighted by Crippen LogP contribution is -2.47. The van der Waals surface area contributed by atoms with Gasteiger partial charge in [0.2, 0.25) is 0 Å². The molecule has 0 bridgehead atoms. The number of imidazole rings is 1. The first-order valence-corrected chi connectivity index (χ1v) is 13.4. The third-order valence-corrected chi connectivity index (χ3v) is 6.94. The summed E-state index contributed by atoms with van der Waals surface area (Å²) in [5.74, 6) is 0.836. The number of ether oxygens (including phenoxy) is 1. The van der Waals surface area contributed by atoms with E-state index in [-0.39, 0.29) is 5.56 Å². The number of nitrogens with zero attached hydrogens (tertiary/aromatic N) is 3. The number of aliphatic hydroxyl groups is 1. The van der Waals surface area contributed by atoms with E-state index in [1.54, 1.807) is 18.5 Å². The van der Waals surface area contributed by atoms with Crippen LogP contribution in [0.15, 0.2) is 35.3 Å². The molecule has 0 aliphatic carbocycles. The van der Waals surface area contributed by atoms with E-state index in [0.717, 1.165) is 60.5 Å². The summed E-state index contributed by atoms with van der Waals surface area (Å²) in [5, 5.41) is 16.9. The zero-order valence-electron chi connectivity index (χ0n) is 23.4. The SMILES string of the molecule is Cc1cc(-c2nc3ccc(CN[C@H](C(=O)OC(C)(C)C)[C@@H](C)O)cc3n2CC2CCCNC2)cn(C)c1=O. The van der Waals surface area contributed by atoms with Crippen molar-refractivity contribution in [2.45, 2.75) is 78.3 Å². The molecule has 0 amide bonds. The van der Waals surface area contributed by atoms with Crippen LogP contribution in [0.4, 0.5) is 0 Å². The molecule has 206 valence electrons. The lowest BCUT2D eigenvalue weighted by molar-refractivity contribution is -0.160. The van der Waals surface area contributed by atoms with E-state index < -0.39 is 23.7 Å². The summed E-state index contributed by atoms with van der Waals surface area (Å²) in [6, 6.07) is 7.14. The van der Waals surface area contributed by atoms with E-state index in [4.69, 9.17) is 9.72 Å². The van der Waals surface area contributed by atoms with Crippen molar-refractivity contribution >= 4 is 17.0 Å². The average molecular weight is 524 g/mol. The number of carbonyl (C=O) groups is 1. The van der Waals surface area contributed by atoms with Crippen molar-refractivity contribution in [3.63, 3.8) is 0 Å². The first kappa shape index (κ1) is 28.0. The van der Waals surface area contributed by atoms with Crippen molar-refractivity contribution in [2.75, 3.05) is 13.1 Å².